The maximum absolute atomic E-state index is 5.72. The second kappa shape index (κ2) is 3.05. The second-order valence-electron chi connectivity index (χ2n) is 2.95. The molecule has 0 aromatic heterocycles. The van der Waals surface area contributed by atoms with Crippen molar-refractivity contribution in [1.82, 2.24) is 0 Å². The molecule has 2 rings (SSSR count). The number of hydrogen-bond acceptors (Lipinski definition) is 4. The van der Waals surface area contributed by atoms with Crippen LogP contribution in [0.25, 0.3) is 0 Å². The summed E-state index contributed by atoms with van der Waals surface area (Å²) in [7, 11) is 0. The highest BCUT2D eigenvalue weighted by Gasteiger charge is 2.15. The third-order valence-corrected chi connectivity index (χ3v) is 1.95. The van der Waals surface area contributed by atoms with Crippen molar-refractivity contribution in [2.45, 2.75) is 6.42 Å². The Morgan fingerprint density at radius 3 is 1.85 bits per heavy atom. The first-order chi connectivity index (χ1) is 6.29. The van der Waals surface area contributed by atoms with E-state index < -0.39 is 0 Å². The van der Waals surface area contributed by atoms with Gasteiger partial charge in [0, 0.05) is 6.42 Å². The van der Waals surface area contributed by atoms with E-state index in [0.29, 0.717) is 36.1 Å². The zero-order valence-corrected chi connectivity index (χ0v) is 7.25. The molecule has 0 fully saturated rings. The highest BCUT2D eigenvalue weighted by atomic mass is 16.5. The van der Waals surface area contributed by atoms with Crippen LogP contribution in [0.15, 0.2) is 12.1 Å². The van der Waals surface area contributed by atoms with Crippen LogP contribution in [-0.4, -0.2) is 13.2 Å². The van der Waals surface area contributed by atoms with Crippen molar-refractivity contribution in [3.63, 3.8) is 0 Å². The lowest BCUT2D eigenvalue weighted by molar-refractivity contribution is 0.297. The zero-order chi connectivity index (χ0) is 9.26. The second-order valence-corrected chi connectivity index (χ2v) is 2.95. The number of benzene rings is 1. The minimum Gasteiger partial charge on any atom is -0.487 e. The fourth-order valence-corrected chi connectivity index (χ4v) is 1.30. The fraction of sp³-hybridized carbons (Fsp3) is 0.333. The van der Waals surface area contributed by atoms with Gasteiger partial charge in [-0.2, -0.15) is 0 Å². The van der Waals surface area contributed by atoms with Crippen LogP contribution in [0, 0.1) is 0 Å². The number of fused-ring (bicyclic) bond motifs is 1. The van der Waals surface area contributed by atoms with Crippen molar-refractivity contribution in [3.05, 3.63) is 12.1 Å². The molecule has 1 heterocycles. The number of anilines is 2. The van der Waals surface area contributed by atoms with E-state index in [1.54, 1.807) is 12.1 Å². The summed E-state index contributed by atoms with van der Waals surface area (Å²) in [6.07, 6.45) is 0.855. The molecule has 70 valence electrons. The van der Waals surface area contributed by atoms with E-state index in [-0.39, 0.29) is 0 Å². The van der Waals surface area contributed by atoms with E-state index in [2.05, 4.69) is 0 Å². The van der Waals surface area contributed by atoms with Crippen molar-refractivity contribution in [2.24, 2.45) is 0 Å². The molecule has 0 atom stereocenters. The molecule has 1 aliphatic heterocycles. The molecule has 0 amide bonds. The van der Waals surface area contributed by atoms with Gasteiger partial charge in [-0.05, 0) is 12.1 Å². The molecular weight excluding hydrogens is 168 g/mol. The Bertz CT molecular complexity index is 295. The fourth-order valence-electron chi connectivity index (χ4n) is 1.30. The molecule has 4 nitrogen and oxygen atoms in total. The monoisotopic (exact) mass is 180 g/mol. The quantitative estimate of drug-likeness (QED) is 0.584. The van der Waals surface area contributed by atoms with Crippen LogP contribution in [0.4, 0.5) is 11.4 Å². The van der Waals surface area contributed by atoms with Crippen molar-refractivity contribution < 1.29 is 9.47 Å². The number of ether oxygens (including phenoxy) is 2. The van der Waals surface area contributed by atoms with Crippen molar-refractivity contribution in [2.75, 3.05) is 24.7 Å². The van der Waals surface area contributed by atoms with Crippen LogP contribution in [-0.2, 0) is 0 Å². The minimum atomic E-state index is 0.575. The van der Waals surface area contributed by atoms with Crippen molar-refractivity contribution in [3.8, 4) is 11.5 Å². The Morgan fingerprint density at radius 1 is 0.923 bits per heavy atom. The maximum atomic E-state index is 5.72. The van der Waals surface area contributed by atoms with Gasteiger partial charge in [0.05, 0.1) is 24.6 Å². The predicted molar refractivity (Wildman–Crippen MR) is 50.9 cm³/mol. The van der Waals surface area contributed by atoms with E-state index >= 15 is 0 Å². The summed E-state index contributed by atoms with van der Waals surface area (Å²) in [6.45, 7) is 1.25. The Hall–Kier alpha value is -1.58. The third kappa shape index (κ3) is 1.35. The molecule has 4 N–H and O–H groups in total. The molecule has 0 bridgehead atoms. The van der Waals surface area contributed by atoms with Crippen LogP contribution in [0.1, 0.15) is 6.42 Å². The average molecular weight is 180 g/mol. The van der Waals surface area contributed by atoms with Crippen LogP contribution >= 0.6 is 0 Å². The summed E-state index contributed by atoms with van der Waals surface area (Å²) in [5, 5.41) is 0. The number of rotatable bonds is 0. The summed E-state index contributed by atoms with van der Waals surface area (Å²) in [5.41, 5.74) is 12.6. The molecule has 0 saturated heterocycles. The topological polar surface area (TPSA) is 70.5 Å². The zero-order valence-electron chi connectivity index (χ0n) is 7.25. The predicted octanol–water partition coefficient (Wildman–Crippen LogP) is 1.01. The van der Waals surface area contributed by atoms with Crippen molar-refractivity contribution in [1.29, 1.82) is 0 Å². The van der Waals surface area contributed by atoms with E-state index in [1.807, 2.05) is 0 Å². The largest absolute Gasteiger partial charge is 0.487 e. The van der Waals surface area contributed by atoms with Gasteiger partial charge in [-0.1, -0.05) is 0 Å². The molecule has 0 aliphatic carbocycles. The van der Waals surface area contributed by atoms with Gasteiger partial charge in [-0.25, -0.2) is 0 Å². The molecule has 1 aromatic rings. The van der Waals surface area contributed by atoms with E-state index in [4.69, 9.17) is 20.9 Å². The molecule has 13 heavy (non-hydrogen) atoms. The van der Waals surface area contributed by atoms with Crippen LogP contribution in [0.3, 0.4) is 0 Å². The van der Waals surface area contributed by atoms with E-state index in [0.717, 1.165) is 6.42 Å². The van der Waals surface area contributed by atoms with Gasteiger partial charge >= 0.3 is 0 Å². The van der Waals surface area contributed by atoms with E-state index in [9.17, 15) is 0 Å². The first kappa shape index (κ1) is 8.04. The van der Waals surface area contributed by atoms with Crippen LogP contribution in [0.2, 0.25) is 0 Å². The summed E-state index contributed by atoms with van der Waals surface area (Å²) < 4.78 is 10.9. The number of hydrogen-bond donors (Lipinski definition) is 2. The Labute approximate surface area is 76.4 Å². The van der Waals surface area contributed by atoms with E-state index in [1.165, 1.54) is 0 Å². The van der Waals surface area contributed by atoms with Crippen molar-refractivity contribution >= 4 is 11.4 Å². The normalized spacial score (nSPS) is 15.1. The average Bonchev–Trinajstić information content (AvgIpc) is 2.37. The molecule has 0 saturated carbocycles. The van der Waals surface area contributed by atoms with Gasteiger partial charge in [-0.15, -0.1) is 0 Å². The SMILES string of the molecule is Nc1ccc(N)c2c1OCCCO2. The lowest BCUT2D eigenvalue weighted by Gasteiger charge is -2.11. The molecule has 0 spiro atoms. The van der Waals surface area contributed by atoms with Crippen LogP contribution < -0.4 is 20.9 Å². The van der Waals surface area contributed by atoms with Gasteiger partial charge in [0.1, 0.15) is 0 Å². The van der Waals surface area contributed by atoms with Gasteiger partial charge in [0.15, 0.2) is 11.5 Å². The molecule has 1 aliphatic rings. The third-order valence-electron chi connectivity index (χ3n) is 1.95. The first-order valence-corrected chi connectivity index (χ1v) is 4.22. The standard InChI is InChI=1S/C9H12N2O2/c10-6-2-3-7(11)9-8(6)12-4-1-5-13-9/h2-3H,1,4-5,10-11H2. The van der Waals surface area contributed by atoms with Crippen LogP contribution in [0.5, 0.6) is 11.5 Å². The Kier molecular flexibility index (Phi) is 1.88. The highest BCUT2D eigenvalue weighted by Crippen LogP contribution is 2.39. The molecule has 1 aromatic carbocycles. The lowest BCUT2D eigenvalue weighted by atomic mass is 10.2. The molecule has 0 unspecified atom stereocenters. The summed E-state index contributed by atoms with van der Waals surface area (Å²) in [6, 6.07) is 3.45. The summed E-state index contributed by atoms with van der Waals surface area (Å²) >= 11 is 0. The Morgan fingerprint density at radius 2 is 1.38 bits per heavy atom. The Balaban J connectivity index is 2.50. The first-order valence-electron chi connectivity index (χ1n) is 4.22. The summed E-state index contributed by atoms with van der Waals surface area (Å²) in [4.78, 5) is 0. The maximum Gasteiger partial charge on any atom is 0.186 e. The molecule has 4 heteroatoms. The van der Waals surface area contributed by atoms with Gasteiger partial charge in [-0.3, -0.25) is 0 Å². The molecular formula is C9H12N2O2. The highest BCUT2D eigenvalue weighted by molar-refractivity contribution is 5.70. The summed E-state index contributed by atoms with van der Waals surface area (Å²) in [5.74, 6) is 1.16. The minimum absolute atomic E-state index is 0.575. The van der Waals surface area contributed by atoms with Gasteiger partial charge < -0.3 is 20.9 Å². The number of nitrogens with two attached hydrogens (primary N) is 2. The molecule has 0 radical (unpaired) electrons. The van der Waals surface area contributed by atoms with Gasteiger partial charge in [0.25, 0.3) is 0 Å². The lowest BCUT2D eigenvalue weighted by Crippen LogP contribution is -1.99. The number of nitrogen functional groups attached to an aromatic ring is 2. The smallest absolute Gasteiger partial charge is 0.186 e. The van der Waals surface area contributed by atoms with Gasteiger partial charge in [0.2, 0.25) is 0 Å².